The zero-order valence-corrected chi connectivity index (χ0v) is 12.1. The van der Waals surface area contributed by atoms with Crippen molar-refractivity contribution in [3.8, 4) is 0 Å². The summed E-state index contributed by atoms with van der Waals surface area (Å²) in [6, 6.07) is 6.42. The number of carbonyl (C=O) groups excluding carboxylic acids is 1. The van der Waals surface area contributed by atoms with Gasteiger partial charge in [-0.25, -0.2) is 0 Å². The molecule has 0 spiro atoms. The van der Waals surface area contributed by atoms with E-state index < -0.39 is 5.41 Å². The van der Waals surface area contributed by atoms with E-state index in [9.17, 15) is 4.79 Å². The second-order valence-corrected chi connectivity index (χ2v) is 5.88. The number of ether oxygens (including phenoxy) is 1. The van der Waals surface area contributed by atoms with Crippen molar-refractivity contribution in [2.75, 3.05) is 19.0 Å². The number of aryl methyl sites for hydroxylation is 1. The van der Waals surface area contributed by atoms with Gasteiger partial charge < -0.3 is 10.1 Å². The van der Waals surface area contributed by atoms with E-state index in [1.54, 1.807) is 0 Å². The van der Waals surface area contributed by atoms with Crippen molar-refractivity contribution in [3.05, 3.63) is 29.3 Å². The molecule has 1 N–H and O–H groups in total. The molecule has 2 rings (SSSR count). The van der Waals surface area contributed by atoms with E-state index in [4.69, 9.17) is 4.74 Å². The van der Waals surface area contributed by atoms with Crippen LogP contribution in [-0.4, -0.2) is 19.6 Å². The van der Waals surface area contributed by atoms with Gasteiger partial charge >= 0.3 is 5.97 Å². The lowest BCUT2D eigenvalue weighted by molar-refractivity contribution is -0.149. The number of methoxy groups -OCH3 is 1. The van der Waals surface area contributed by atoms with E-state index in [0.29, 0.717) is 6.54 Å². The summed E-state index contributed by atoms with van der Waals surface area (Å²) >= 11 is 0. The van der Waals surface area contributed by atoms with E-state index in [-0.39, 0.29) is 5.97 Å². The highest BCUT2D eigenvalue weighted by Crippen LogP contribution is 2.29. The zero-order chi connectivity index (χ0) is 13.9. The van der Waals surface area contributed by atoms with Gasteiger partial charge in [-0.1, -0.05) is 12.1 Å². The van der Waals surface area contributed by atoms with Crippen molar-refractivity contribution in [1.29, 1.82) is 0 Å². The number of esters is 1. The van der Waals surface area contributed by atoms with Crippen LogP contribution in [0, 0.1) is 5.41 Å². The molecular weight excluding hydrogens is 238 g/mol. The van der Waals surface area contributed by atoms with Gasteiger partial charge in [-0.15, -0.1) is 0 Å². The molecule has 1 aliphatic carbocycles. The summed E-state index contributed by atoms with van der Waals surface area (Å²) in [6.45, 7) is 4.40. The van der Waals surface area contributed by atoms with Crippen LogP contribution in [0.1, 0.15) is 37.8 Å². The quantitative estimate of drug-likeness (QED) is 0.846. The normalized spacial score (nSPS) is 14.7. The molecule has 0 heterocycles. The number of nitrogens with one attached hydrogen (secondary N) is 1. The molecule has 0 unspecified atom stereocenters. The first kappa shape index (κ1) is 13.9. The maximum Gasteiger partial charge on any atom is 0.313 e. The van der Waals surface area contributed by atoms with Crippen LogP contribution in [0.15, 0.2) is 18.2 Å². The number of rotatable bonds is 4. The molecule has 0 radical (unpaired) electrons. The van der Waals surface area contributed by atoms with Gasteiger partial charge in [-0.2, -0.15) is 0 Å². The maximum absolute atomic E-state index is 11.7. The van der Waals surface area contributed by atoms with E-state index in [2.05, 4.69) is 23.5 Å². The summed E-state index contributed by atoms with van der Waals surface area (Å²) in [6.07, 6.45) is 4.85. The van der Waals surface area contributed by atoms with Crippen LogP contribution in [0.25, 0.3) is 0 Å². The van der Waals surface area contributed by atoms with Gasteiger partial charge in [-0.05, 0) is 56.7 Å². The first-order chi connectivity index (χ1) is 9.04. The van der Waals surface area contributed by atoms with E-state index in [0.717, 1.165) is 6.42 Å². The van der Waals surface area contributed by atoms with Crippen LogP contribution in [-0.2, 0) is 22.4 Å². The molecule has 0 bridgehead atoms. The molecule has 0 saturated carbocycles. The smallest absolute Gasteiger partial charge is 0.313 e. The fourth-order valence-electron chi connectivity index (χ4n) is 2.61. The second-order valence-electron chi connectivity index (χ2n) is 5.88. The lowest BCUT2D eigenvalue weighted by Crippen LogP contribution is -2.33. The van der Waals surface area contributed by atoms with Crippen LogP contribution in [0.4, 0.5) is 5.69 Å². The third-order valence-corrected chi connectivity index (χ3v) is 3.85. The van der Waals surface area contributed by atoms with Gasteiger partial charge in [-0.3, -0.25) is 4.79 Å². The Morgan fingerprint density at radius 3 is 2.79 bits per heavy atom. The monoisotopic (exact) mass is 261 g/mol. The average molecular weight is 261 g/mol. The minimum absolute atomic E-state index is 0.176. The van der Waals surface area contributed by atoms with Gasteiger partial charge in [0.05, 0.1) is 12.5 Å². The summed E-state index contributed by atoms with van der Waals surface area (Å²) in [5.41, 5.74) is 3.54. The lowest BCUT2D eigenvalue weighted by atomic mass is 9.89. The predicted molar refractivity (Wildman–Crippen MR) is 77.4 cm³/mol. The van der Waals surface area contributed by atoms with Crippen LogP contribution < -0.4 is 5.32 Å². The summed E-state index contributed by atoms with van der Waals surface area (Å²) in [7, 11) is 1.44. The van der Waals surface area contributed by atoms with Gasteiger partial charge in [0.15, 0.2) is 0 Å². The van der Waals surface area contributed by atoms with Crippen molar-refractivity contribution in [2.45, 2.75) is 39.5 Å². The third-order valence-electron chi connectivity index (χ3n) is 3.85. The van der Waals surface area contributed by atoms with Crippen molar-refractivity contribution in [3.63, 3.8) is 0 Å². The minimum Gasteiger partial charge on any atom is -0.469 e. The SMILES string of the molecule is COC(=O)C(C)(C)CNc1cccc2c1CCCC2. The summed E-state index contributed by atoms with van der Waals surface area (Å²) in [5, 5.41) is 3.43. The Kier molecular flexibility index (Phi) is 4.13. The van der Waals surface area contributed by atoms with Crippen LogP contribution in [0.2, 0.25) is 0 Å². The van der Waals surface area contributed by atoms with Crippen molar-refractivity contribution in [1.82, 2.24) is 0 Å². The van der Waals surface area contributed by atoms with Gasteiger partial charge in [0.25, 0.3) is 0 Å². The lowest BCUT2D eigenvalue weighted by Gasteiger charge is -2.25. The number of hydrogen-bond donors (Lipinski definition) is 1. The third kappa shape index (κ3) is 3.09. The van der Waals surface area contributed by atoms with E-state index in [1.807, 2.05) is 13.8 Å². The number of anilines is 1. The number of carbonyl (C=O) groups is 1. The topological polar surface area (TPSA) is 38.3 Å². The molecule has 1 aromatic rings. The Bertz CT molecular complexity index is 466. The average Bonchev–Trinajstić information content (AvgIpc) is 2.44. The molecule has 19 heavy (non-hydrogen) atoms. The van der Waals surface area contributed by atoms with Crippen LogP contribution >= 0.6 is 0 Å². The van der Waals surface area contributed by atoms with Gasteiger partial charge in [0.2, 0.25) is 0 Å². The van der Waals surface area contributed by atoms with Crippen molar-refractivity contribution >= 4 is 11.7 Å². The summed E-state index contributed by atoms with van der Waals surface area (Å²) in [5.74, 6) is -0.176. The summed E-state index contributed by atoms with van der Waals surface area (Å²) in [4.78, 5) is 11.7. The fourth-order valence-corrected chi connectivity index (χ4v) is 2.61. The Hall–Kier alpha value is -1.51. The highest BCUT2D eigenvalue weighted by atomic mass is 16.5. The second kappa shape index (κ2) is 5.64. The molecule has 1 aromatic carbocycles. The molecule has 0 saturated heterocycles. The number of benzene rings is 1. The van der Waals surface area contributed by atoms with E-state index >= 15 is 0 Å². The number of hydrogen-bond acceptors (Lipinski definition) is 3. The molecular formula is C16H23NO2. The van der Waals surface area contributed by atoms with Crippen LogP contribution in [0.5, 0.6) is 0 Å². The number of fused-ring (bicyclic) bond motifs is 1. The largest absolute Gasteiger partial charge is 0.469 e. The Morgan fingerprint density at radius 1 is 1.32 bits per heavy atom. The van der Waals surface area contributed by atoms with Gasteiger partial charge in [0, 0.05) is 12.2 Å². The van der Waals surface area contributed by atoms with Crippen molar-refractivity contribution in [2.24, 2.45) is 5.41 Å². The van der Waals surface area contributed by atoms with Gasteiger partial charge in [0.1, 0.15) is 0 Å². The van der Waals surface area contributed by atoms with E-state index in [1.165, 1.54) is 43.2 Å². The highest BCUT2D eigenvalue weighted by molar-refractivity contribution is 5.76. The molecule has 0 atom stereocenters. The first-order valence-corrected chi connectivity index (χ1v) is 6.97. The molecule has 1 aliphatic rings. The predicted octanol–water partition coefficient (Wildman–Crippen LogP) is 3.18. The fraction of sp³-hybridized carbons (Fsp3) is 0.562. The Balaban J connectivity index is 2.10. The molecule has 0 amide bonds. The Morgan fingerprint density at radius 2 is 2.05 bits per heavy atom. The first-order valence-electron chi connectivity index (χ1n) is 6.97. The Labute approximate surface area is 115 Å². The van der Waals surface area contributed by atoms with Crippen molar-refractivity contribution < 1.29 is 9.53 Å². The summed E-state index contributed by atoms with van der Waals surface area (Å²) < 4.78 is 4.84. The highest BCUT2D eigenvalue weighted by Gasteiger charge is 2.28. The maximum atomic E-state index is 11.7. The standard InChI is InChI=1S/C16H23NO2/c1-16(2,15(18)19-3)11-17-14-10-6-8-12-7-4-5-9-13(12)14/h6,8,10,17H,4-5,7,9,11H2,1-3H3. The minimum atomic E-state index is -0.508. The molecule has 104 valence electrons. The molecule has 3 heteroatoms. The zero-order valence-electron chi connectivity index (χ0n) is 12.1. The molecule has 3 nitrogen and oxygen atoms in total. The molecule has 0 fully saturated rings. The van der Waals surface area contributed by atoms with Crippen LogP contribution in [0.3, 0.4) is 0 Å². The molecule has 0 aliphatic heterocycles. The molecule has 0 aromatic heterocycles.